The van der Waals surface area contributed by atoms with Crippen molar-refractivity contribution >= 4 is 21.6 Å². The van der Waals surface area contributed by atoms with Crippen LogP contribution in [0, 0.1) is 0 Å². The molecule has 1 aliphatic heterocycles. The van der Waals surface area contributed by atoms with Gasteiger partial charge in [-0.1, -0.05) is 0 Å². The van der Waals surface area contributed by atoms with Crippen molar-refractivity contribution in [2.45, 2.75) is 19.4 Å². The topological polar surface area (TPSA) is 49.0 Å². The summed E-state index contributed by atoms with van der Waals surface area (Å²) in [7, 11) is 0. The van der Waals surface area contributed by atoms with Crippen LogP contribution in [0.2, 0.25) is 0 Å². The number of H-pyrrole nitrogens is 1. The fourth-order valence-electron chi connectivity index (χ4n) is 2.15. The summed E-state index contributed by atoms with van der Waals surface area (Å²) in [5, 5.41) is 1.91. The third-order valence-corrected chi connectivity index (χ3v) is 3.84. The minimum atomic E-state index is -0.00537. The summed E-state index contributed by atoms with van der Waals surface area (Å²) in [6.45, 7) is 3.00. The van der Waals surface area contributed by atoms with Gasteiger partial charge >= 0.3 is 0 Å². The zero-order chi connectivity index (χ0) is 11.0. The van der Waals surface area contributed by atoms with Crippen LogP contribution < -0.4 is 5.56 Å². The predicted molar refractivity (Wildman–Crippen MR) is 64.8 cm³/mol. The van der Waals surface area contributed by atoms with Gasteiger partial charge in [0.25, 0.3) is 5.56 Å². The molecule has 0 spiro atoms. The number of rotatable bonds is 2. The molecular formula is C11H13N3OS. The summed E-state index contributed by atoms with van der Waals surface area (Å²) in [5.74, 6) is 0.790. The first-order chi connectivity index (χ1) is 7.83. The number of hydrogen-bond donors (Lipinski definition) is 1. The monoisotopic (exact) mass is 235 g/mol. The number of aromatic nitrogens is 2. The molecule has 2 aromatic rings. The molecule has 4 nitrogen and oxygen atoms in total. The predicted octanol–water partition coefficient (Wildman–Crippen LogP) is 1.58. The van der Waals surface area contributed by atoms with Crippen LogP contribution >= 0.6 is 11.3 Å². The molecule has 0 atom stereocenters. The minimum absolute atomic E-state index is 0.00537. The van der Waals surface area contributed by atoms with E-state index in [2.05, 4.69) is 14.9 Å². The van der Waals surface area contributed by atoms with Crippen molar-refractivity contribution in [3.63, 3.8) is 0 Å². The van der Waals surface area contributed by atoms with Gasteiger partial charge in [0.05, 0.1) is 12.1 Å². The van der Waals surface area contributed by atoms with E-state index in [1.54, 1.807) is 0 Å². The molecule has 1 N–H and O–H groups in total. The zero-order valence-corrected chi connectivity index (χ0v) is 9.72. The lowest BCUT2D eigenvalue weighted by atomic mass is 10.4. The fourth-order valence-corrected chi connectivity index (χ4v) is 2.87. The zero-order valence-electron chi connectivity index (χ0n) is 8.90. The van der Waals surface area contributed by atoms with Gasteiger partial charge in [-0.05, 0) is 37.4 Å². The van der Waals surface area contributed by atoms with Crippen LogP contribution in [0.25, 0.3) is 10.2 Å². The first-order valence-corrected chi connectivity index (χ1v) is 6.40. The summed E-state index contributed by atoms with van der Waals surface area (Å²) < 4.78 is 0.727. The highest BCUT2D eigenvalue weighted by molar-refractivity contribution is 7.17. The third kappa shape index (κ3) is 1.76. The SMILES string of the molecule is O=c1[nH]c(CN2CCCC2)nc2ccsc12. The van der Waals surface area contributed by atoms with Gasteiger partial charge in [0.1, 0.15) is 10.5 Å². The molecule has 84 valence electrons. The Labute approximate surface area is 96.9 Å². The van der Waals surface area contributed by atoms with E-state index in [9.17, 15) is 4.79 Å². The number of fused-ring (bicyclic) bond motifs is 1. The normalized spacial score (nSPS) is 17.2. The van der Waals surface area contributed by atoms with Crippen molar-refractivity contribution in [1.82, 2.24) is 14.9 Å². The standard InChI is InChI=1S/C11H13N3OS/c15-11-10-8(3-6-16-10)12-9(13-11)7-14-4-1-2-5-14/h3,6H,1-2,4-5,7H2,(H,12,13,15). The van der Waals surface area contributed by atoms with E-state index in [-0.39, 0.29) is 5.56 Å². The average Bonchev–Trinajstić information content (AvgIpc) is 2.87. The van der Waals surface area contributed by atoms with Gasteiger partial charge in [0, 0.05) is 0 Å². The Morgan fingerprint density at radius 1 is 1.44 bits per heavy atom. The molecule has 0 radical (unpaired) electrons. The quantitative estimate of drug-likeness (QED) is 0.859. The van der Waals surface area contributed by atoms with Crippen LogP contribution in [0.4, 0.5) is 0 Å². The summed E-state index contributed by atoms with van der Waals surface area (Å²) in [6, 6.07) is 1.91. The van der Waals surface area contributed by atoms with Crippen LogP contribution in [0.1, 0.15) is 18.7 Å². The van der Waals surface area contributed by atoms with Crippen LogP contribution in [-0.4, -0.2) is 28.0 Å². The number of aromatic amines is 1. The maximum atomic E-state index is 11.7. The van der Waals surface area contributed by atoms with Gasteiger partial charge in [-0.2, -0.15) is 0 Å². The molecule has 0 aromatic carbocycles. The fraction of sp³-hybridized carbons (Fsp3) is 0.455. The maximum absolute atomic E-state index is 11.7. The Kier molecular flexibility index (Phi) is 2.49. The molecule has 3 heterocycles. The largest absolute Gasteiger partial charge is 0.308 e. The summed E-state index contributed by atoms with van der Waals surface area (Å²) >= 11 is 1.45. The van der Waals surface area contributed by atoms with E-state index in [0.717, 1.165) is 35.7 Å². The summed E-state index contributed by atoms with van der Waals surface area (Å²) in [6.07, 6.45) is 2.51. The van der Waals surface area contributed by atoms with E-state index in [1.807, 2.05) is 11.4 Å². The Hall–Kier alpha value is -1.20. The van der Waals surface area contributed by atoms with Crippen molar-refractivity contribution in [3.05, 3.63) is 27.6 Å². The molecular weight excluding hydrogens is 222 g/mol. The van der Waals surface area contributed by atoms with Gasteiger partial charge in [-0.15, -0.1) is 11.3 Å². The second-order valence-electron chi connectivity index (χ2n) is 4.13. The second-order valence-corrected chi connectivity index (χ2v) is 5.05. The van der Waals surface area contributed by atoms with Gasteiger partial charge in [0.15, 0.2) is 0 Å². The molecule has 16 heavy (non-hydrogen) atoms. The lowest BCUT2D eigenvalue weighted by Crippen LogP contribution is -2.22. The molecule has 5 heteroatoms. The molecule has 1 saturated heterocycles. The van der Waals surface area contributed by atoms with Crippen LogP contribution in [0.3, 0.4) is 0 Å². The molecule has 0 unspecified atom stereocenters. The Balaban J connectivity index is 1.94. The molecule has 0 bridgehead atoms. The van der Waals surface area contributed by atoms with Crippen molar-refractivity contribution in [1.29, 1.82) is 0 Å². The lowest BCUT2D eigenvalue weighted by molar-refractivity contribution is 0.322. The third-order valence-electron chi connectivity index (χ3n) is 2.94. The van der Waals surface area contributed by atoms with Crippen LogP contribution in [0.15, 0.2) is 16.2 Å². The number of likely N-dealkylation sites (tertiary alicyclic amines) is 1. The molecule has 1 fully saturated rings. The van der Waals surface area contributed by atoms with E-state index in [4.69, 9.17) is 0 Å². The van der Waals surface area contributed by atoms with Gasteiger partial charge in [-0.3, -0.25) is 9.69 Å². The van der Waals surface area contributed by atoms with Crippen LogP contribution in [0.5, 0.6) is 0 Å². The molecule has 1 aliphatic rings. The van der Waals surface area contributed by atoms with E-state index in [1.165, 1.54) is 24.2 Å². The Morgan fingerprint density at radius 3 is 3.06 bits per heavy atom. The van der Waals surface area contributed by atoms with Crippen molar-refractivity contribution < 1.29 is 0 Å². The molecule has 0 aliphatic carbocycles. The van der Waals surface area contributed by atoms with Crippen molar-refractivity contribution in [2.75, 3.05) is 13.1 Å². The number of nitrogens with one attached hydrogen (secondary N) is 1. The smallest absolute Gasteiger partial charge is 0.268 e. The lowest BCUT2D eigenvalue weighted by Gasteiger charge is -2.13. The van der Waals surface area contributed by atoms with Crippen molar-refractivity contribution in [2.24, 2.45) is 0 Å². The Bertz CT molecular complexity index is 554. The highest BCUT2D eigenvalue weighted by Gasteiger charge is 2.13. The first kappa shape index (κ1) is 9.99. The number of nitrogens with zero attached hydrogens (tertiary/aromatic N) is 2. The molecule has 2 aromatic heterocycles. The highest BCUT2D eigenvalue weighted by Crippen LogP contribution is 2.15. The summed E-state index contributed by atoms with van der Waals surface area (Å²) in [4.78, 5) is 21.4. The van der Waals surface area contributed by atoms with Crippen molar-refractivity contribution in [3.8, 4) is 0 Å². The van der Waals surface area contributed by atoms with E-state index in [0.29, 0.717) is 0 Å². The Morgan fingerprint density at radius 2 is 2.25 bits per heavy atom. The molecule has 0 saturated carbocycles. The summed E-state index contributed by atoms with van der Waals surface area (Å²) in [5.41, 5.74) is 0.817. The minimum Gasteiger partial charge on any atom is -0.308 e. The van der Waals surface area contributed by atoms with Gasteiger partial charge < -0.3 is 4.98 Å². The molecule has 3 rings (SSSR count). The van der Waals surface area contributed by atoms with E-state index >= 15 is 0 Å². The molecule has 0 amide bonds. The van der Waals surface area contributed by atoms with E-state index < -0.39 is 0 Å². The number of hydrogen-bond acceptors (Lipinski definition) is 4. The van der Waals surface area contributed by atoms with Gasteiger partial charge in [0.2, 0.25) is 0 Å². The van der Waals surface area contributed by atoms with Gasteiger partial charge in [-0.25, -0.2) is 4.98 Å². The first-order valence-electron chi connectivity index (χ1n) is 5.52. The average molecular weight is 235 g/mol. The number of thiophene rings is 1. The second kappa shape index (κ2) is 3.99. The maximum Gasteiger partial charge on any atom is 0.268 e. The van der Waals surface area contributed by atoms with Crippen LogP contribution in [-0.2, 0) is 6.54 Å². The highest BCUT2D eigenvalue weighted by atomic mass is 32.1.